The monoisotopic (exact) mass is 453 g/mol. The van der Waals surface area contributed by atoms with Crippen LogP contribution in [0.5, 0.6) is 11.5 Å². The number of aryl methyl sites for hydroxylation is 1. The van der Waals surface area contributed by atoms with Crippen molar-refractivity contribution in [2.75, 3.05) is 19.1 Å². The van der Waals surface area contributed by atoms with E-state index in [9.17, 15) is 14.7 Å². The second kappa shape index (κ2) is 8.43. The molecule has 2 aromatic carbocycles. The van der Waals surface area contributed by atoms with E-state index in [1.165, 1.54) is 25.2 Å². The third-order valence-electron chi connectivity index (χ3n) is 5.24. The number of Topliss-reactive ketones (excluding diaryl/α,β-unsaturated/α-hetero) is 1. The maximum atomic E-state index is 13.2. The Balaban J connectivity index is 1.95. The van der Waals surface area contributed by atoms with E-state index in [-0.39, 0.29) is 11.1 Å². The zero-order valence-corrected chi connectivity index (χ0v) is 18.3. The number of amides is 1. The van der Waals surface area contributed by atoms with Crippen molar-refractivity contribution in [3.63, 3.8) is 0 Å². The minimum Gasteiger partial charge on any atom is -0.507 e. The van der Waals surface area contributed by atoms with Gasteiger partial charge in [-0.05, 0) is 61.5 Å². The van der Waals surface area contributed by atoms with Crippen LogP contribution in [0.4, 0.5) is 5.69 Å². The van der Waals surface area contributed by atoms with Crippen molar-refractivity contribution in [3.05, 3.63) is 82.3 Å². The zero-order chi connectivity index (χ0) is 23.0. The quantitative estimate of drug-likeness (QED) is 0.336. The third-order valence-corrected chi connectivity index (χ3v) is 5.48. The number of ether oxygens (including phenoxy) is 2. The second-order valence-electron chi connectivity index (χ2n) is 7.16. The molecule has 0 radical (unpaired) electrons. The Hall–Kier alpha value is -3.71. The van der Waals surface area contributed by atoms with E-state index in [0.717, 1.165) is 0 Å². The summed E-state index contributed by atoms with van der Waals surface area (Å²) in [6.07, 6.45) is 0. The van der Waals surface area contributed by atoms with Crippen LogP contribution in [0.15, 0.2) is 64.6 Å². The van der Waals surface area contributed by atoms with Crippen molar-refractivity contribution in [1.82, 2.24) is 0 Å². The van der Waals surface area contributed by atoms with E-state index < -0.39 is 23.5 Å². The zero-order valence-electron chi connectivity index (χ0n) is 17.6. The second-order valence-corrected chi connectivity index (χ2v) is 7.60. The summed E-state index contributed by atoms with van der Waals surface area (Å²) in [5.41, 5.74) is 0.519. The van der Waals surface area contributed by atoms with Crippen molar-refractivity contribution in [3.8, 4) is 11.5 Å². The van der Waals surface area contributed by atoms with Gasteiger partial charge in [0.15, 0.2) is 0 Å². The molecule has 7 nitrogen and oxygen atoms in total. The summed E-state index contributed by atoms with van der Waals surface area (Å²) < 4.78 is 16.3. The van der Waals surface area contributed by atoms with E-state index in [4.69, 9.17) is 25.5 Å². The lowest BCUT2D eigenvalue weighted by Gasteiger charge is -2.23. The van der Waals surface area contributed by atoms with Crippen LogP contribution in [-0.4, -0.2) is 31.0 Å². The number of carbonyl (C=O) groups excluding carboxylic acids is 2. The first-order valence-electron chi connectivity index (χ1n) is 9.71. The molecule has 1 saturated heterocycles. The Morgan fingerprint density at radius 2 is 1.75 bits per heavy atom. The van der Waals surface area contributed by atoms with Crippen molar-refractivity contribution >= 4 is 34.7 Å². The minimum absolute atomic E-state index is 0.124. The van der Waals surface area contributed by atoms with Crippen LogP contribution in [0.1, 0.15) is 23.1 Å². The minimum atomic E-state index is -0.985. The molecule has 1 unspecified atom stereocenters. The normalized spacial score (nSPS) is 17.6. The summed E-state index contributed by atoms with van der Waals surface area (Å²) in [7, 11) is 2.97. The number of carbonyl (C=O) groups is 2. The number of anilines is 1. The summed E-state index contributed by atoms with van der Waals surface area (Å²) in [6.45, 7) is 1.75. The molecule has 4 rings (SSSR count). The van der Waals surface area contributed by atoms with Gasteiger partial charge in [0.1, 0.15) is 34.8 Å². The predicted molar refractivity (Wildman–Crippen MR) is 119 cm³/mol. The van der Waals surface area contributed by atoms with Gasteiger partial charge < -0.3 is 19.0 Å². The van der Waals surface area contributed by atoms with Gasteiger partial charge in [-0.25, -0.2) is 0 Å². The van der Waals surface area contributed by atoms with E-state index >= 15 is 0 Å². The average molecular weight is 454 g/mol. The van der Waals surface area contributed by atoms with Gasteiger partial charge in [0, 0.05) is 10.7 Å². The molecule has 1 aromatic heterocycles. The Labute approximate surface area is 189 Å². The Bertz CT molecular complexity index is 1230. The molecule has 1 N–H and O–H groups in total. The van der Waals surface area contributed by atoms with Crippen LogP contribution in [0, 0.1) is 6.92 Å². The van der Waals surface area contributed by atoms with E-state index in [0.29, 0.717) is 33.7 Å². The number of halogens is 1. The molecule has 32 heavy (non-hydrogen) atoms. The van der Waals surface area contributed by atoms with Gasteiger partial charge in [0.25, 0.3) is 11.7 Å². The molecule has 0 spiro atoms. The molecule has 1 fully saturated rings. The van der Waals surface area contributed by atoms with Gasteiger partial charge in [0.2, 0.25) is 0 Å². The number of ketones is 1. The van der Waals surface area contributed by atoms with Gasteiger partial charge in [-0.2, -0.15) is 0 Å². The van der Waals surface area contributed by atoms with E-state index in [1.807, 2.05) is 0 Å². The van der Waals surface area contributed by atoms with Crippen LogP contribution in [0.25, 0.3) is 5.76 Å². The van der Waals surface area contributed by atoms with E-state index in [1.54, 1.807) is 55.5 Å². The highest BCUT2D eigenvalue weighted by molar-refractivity contribution is 6.51. The fourth-order valence-corrected chi connectivity index (χ4v) is 3.89. The van der Waals surface area contributed by atoms with Crippen LogP contribution in [0.3, 0.4) is 0 Å². The number of rotatable bonds is 5. The lowest BCUT2D eigenvalue weighted by Crippen LogP contribution is -2.29. The Kier molecular flexibility index (Phi) is 5.67. The molecule has 1 aliphatic heterocycles. The fraction of sp³-hybridized carbons (Fsp3) is 0.167. The topological polar surface area (TPSA) is 89.2 Å². The first-order chi connectivity index (χ1) is 15.3. The Morgan fingerprint density at radius 1 is 1.03 bits per heavy atom. The molecule has 0 saturated carbocycles. The number of nitrogens with zero attached hydrogens (tertiary/aromatic N) is 1. The molecule has 8 heteroatoms. The SMILES string of the molecule is COc1ccc(N2C(=O)C(=O)/C(=C(/O)c3cc(Cl)ccc3OC)C2c2ccc(C)o2)cc1. The van der Waals surface area contributed by atoms with Gasteiger partial charge in [-0.3, -0.25) is 14.5 Å². The molecule has 2 heterocycles. The number of methoxy groups -OCH3 is 2. The third kappa shape index (κ3) is 3.61. The van der Waals surface area contributed by atoms with Gasteiger partial charge in [-0.1, -0.05) is 11.6 Å². The molecule has 0 aliphatic carbocycles. The van der Waals surface area contributed by atoms with E-state index in [2.05, 4.69) is 0 Å². The number of aliphatic hydroxyl groups excluding tert-OH is 1. The van der Waals surface area contributed by atoms with Crippen LogP contribution < -0.4 is 14.4 Å². The van der Waals surface area contributed by atoms with Crippen LogP contribution >= 0.6 is 11.6 Å². The summed E-state index contributed by atoms with van der Waals surface area (Å²) >= 11 is 6.12. The Morgan fingerprint density at radius 3 is 2.34 bits per heavy atom. The first kappa shape index (κ1) is 21.5. The number of hydrogen-bond acceptors (Lipinski definition) is 6. The number of furan rings is 1. The lowest BCUT2D eigenvalue weighted by molar-refractivity contribution is -0.132. The summed E-state index contributed by atoms with van der Waals surface area (Å²) in [5, 5.41) is 11.5. The largest absolute Gasteiger partial charge is 0.507 e. The lowest BCUT2D eigenvalue weighted by atomic mass is 9.98. The van der Waals surface area contributed by atoms with Crippen LogP contribution in [0.2, 0.25) is 5.02 Å². The first-order valence-corrected chi connectivity index (χ1v) is 10.1. The highest BCUT2D eigenvalue weighted by atomic mass is 35.5. The molecule has 1 aliphatic rings. The molecule has 0 bridgehead atoms. The van der Waals surface area contributed by atoms with Crippen molar-refractivity contribution in [1.29, 1.82) is 0 Å². The van der Waals surface area contributed by atoms with Gasteiger partial charge in [0.05, 0.1) is 25.4 Å². The number of aliphatic hydroxyl groups is 1. The highest BCUT2D eigenvalue weighted by Gasteiger charge is 2.48. The summed E-state index contributed by atoms with van der Waals surface area (Å²) in [5.74, 6) is -0.217. The summed E-state index contributed by atoms with van der Waals surface area (Å²) in [6, 6.07) is 13.7. The molecule has 1 atom stereocenters. The van der Waals surface area contributed by atoms with Crippen LogP contribution in [-0.2, 0) is 9.59 Å². The molecular weight excluding hydrogens is 434 g/mol. The maximum absolute atomic E-state index is 13.2. The van der Waals surface area contributed by atoms with Crippen molar-refractivity contribution in [2.45, 2.75) is 13.0 Å². The van der Waals surface area contributed by atoms with Crippen molar-refractivity contribution in [2.24, 2.45) is 0 Å². The summed E-state index contributed by atoms with van der Waals surface area (Å²) in [4.78, 5) is 27.6. The number of benzene rings is 2. The molecule has 164 valence electrons. The molecule has 3 aromatic rings. The molecule has 1 amide bonds. The van der Waals surface area contributed by atoms with Gasteiger partial charge >= 0.3 is 0 Å². The average Bonchev–Trinajstić information content (AvgIpc) is 3.34. The maximum Gasteiger partial charge on any atom is 0.300 e. The van der Waals surface area contributed by atoms with Gasteiger partial charge in [-0.15, -0.1) is 0 Å². The number of hydrogen-bond donors (Lipinski definition) is 1. The highest BCUT2D eigenvalue weighted by Crippen LogP contribution is 2.44. The smallest absolute Gasteiger partial charge is 0.300 e. The standard InChI is InChI=1S/C24H20ClNO6/c1-13-4-10-19(32-13)21-20(22(27)17-12-14(25)5-11-18(17)31-3)23(28)24(29)26(21)15-6-8-16(30-2)9-7-15/h4-12,21,27H,1-3H3/b22-20+. The van der Waals surface area contributed by atoms with Crippen molar-refractivity contribution < 1.29 is 28.6 Å². The predicted octanol–water partition coefficient (Wildman–Crippen LogP) is 4.88. The fourth-order valence-electron chi connectivity index (χ4n) is 3.72. The molecular formula is C24H20ClNO6.